The summed E-state index contributed by atoms with van der Waals surface area (Å²) in [4.78, 5) is 0. The Morgan fingerprint density at radius 1 is 1.17 bits per heavy atom. The van der Waals surface area contributed by atoms with E-state index in [0.717, 1.165) is 6.71 Å². The summed E-state index contributed by atoms with van der Waals surface area (Å²) in [5.74, 6) is 2.43. The summed E-state index contributed by atoms with van der Waals surface area (Å²) < 4.78 is 0. The van der Waals surface area contributed by atoms with Crippen LogP contribution in [0.4, 0.5) is 0 Å². The van der Waals surface area contributed by atoms with Crippen LogP contribution in [-0.4, -0.2) is 13.4 Å². The summed E-state index contributed by atoms with van der Waals surface area (Å²) >= 11 is 0. The molecule has 0 atom stereocenters. The largest absolute Gasteiger partial charge is 0.162 e. The van der Waals surface area contributed by atoms with Crippen molar-refractivity contribution in [1.82, 2.24) is 0 Å². The van der Waals surface area contributed by atoms with Gasteiger partial charge in [0, 0.05) is 0 Å². The highest BCUT2D eigenvalue weighted by atomic mass is 13.9. The molecule has 12 heavy (non-hydrogen) atoms. The van der Waals surface area contributed by atoms with Crippen LogP contribution in [0.3, 0.4) is 0 Å². The maximum absolute atomic E-state index is 2.43. The van der Waals surface area contributed by atoms with Gasteiger partial charge in [-0.2, -0.15) is 0 Å². The van der Waals surface area contributed by atoms with Crippen LogP contribution in [0.5, 0.6) is 0 Å². The molecule has 0 heterocycles. The molecule has 2 heteroatoms. The smallest absolute Gasteiger partial charge is 0.125 e. The van der Waals surface area contributed by atoms with E-state index in [2.05, 4.69) is 40.2 Å². The molecule has 0 aliphatic heterocycles. The van der Waals surface area contributed by atoms with Gasteiger partial charge in [-0.25, -0.2) is 0 Å². The first-order chi connectivity index (χ1) is 5.57. The lowest BCUT2D eigenvalue weighted by Gasteiger charge is -2.09. The van der Waals surface area contributed by atoms with Gasteiger partial charge in [0.25, 0.3) is 0 Å². The molecule has 0 amide bonds. The molecule has 0 fully saturated rings. The molecule has 0 N–H and O–H groups in total. The molecule has 0 bridgehead atoms. The van der Waals surface area contributed by atoms with Crippen molar-refractivity contribution in [2.45, 2.75) is 53.5 Å². The predicted molar refractivity (Wildman–Crippen MR) is 62.6 cm³/mol. The Morgan fingerprint density at radius 3 is 2.08 bits per heavy atom. The SMILES string of the molecule is CCCC/C(=C/B(C)C)B(C)C. The zero-order valence-electron chi connectivity index (χ0n) is 9.35. The van der Waals surface area contributed by atoms with Gasteiger partial charge < -0.3 is 0 Å². The second kappa shape index (κ2) is 6.39. The number of allylic oxidation sites excluding steroid dienone is 1. The highest BCUT2D eigenvalue weighted by Gasteiger charge is 2.07. The van der Waals surface area contributed by atoms with Crippen LogP contribution < -0.4 is 0 Å². The molecule has 0 unspecified atom stereocenters. The maximum atomic E-state index is 2.43. The molecule has 68 valence electrons. The number of hydrogen-bond donors (Lipinski definition) is 0. The predicted octanol–water partition coefficient (Wildman–Crippen LogP) is 3.69. The van der Waals surface area contributed by atoms with E-state index >= 15 is 0 Å². The molecule has 0 aliphatic rings. The van der Waals surface area contributed by atoms with Crippen LogP contribution in [0, 0.1) is 0 Å². The normalized spacial score (nSPS) is 11.6. The van der Waals surface area contributed by atoms with Crippen LogP contribution >= 0.6 is 0 Å². The minimum Gasteiger partial charge on any atom is -0.125 e. The molecule has 0 nitrogen and oxygen atoms in total. The molecule has 0 saturated carbocycles. The van der Waals surface area contributed by atoms with E-state index in [1.54, 1.807) is 5.47 Å². The highest BCUT2D eigenvalue weighted by Crippen LogP contribution is 2.11. The van der Waals surface area contributed by atoms with Crippen molar-refractivity contribution in [3.63, 3.8) is 0 Å². The standard InChI is InChI=1S/C10H22B2/c1-6-7-8-10(12(4)5)9-11(2)3/h9H,6-8H2,1-5H3/b10-9-. The molecule has 0 aromatic heterocycles. The van der Waals surface area contributed by atoms with Crippen LogP contribution in [0.2, 0.25) is 27.3 Å². The lowest BCUT2D eigenvalue weighted by atomic mass is 9.42. The monoisotopic (exact) mass is 164 g/mol. The molecule has 0 aliphatic carbocycles. The topological polar surface area (TPSA) is 0 Å². The molecule has 0 rings (SSSR count). The van der Waals surface area contributed by atoms with E-state index in [9.17, 15) is 0 Å². The van der Waals surface area contributed by atoms with E-state index < -0.39 is 0 Å². The summed E-state index contributed by atoms with van der Waals surface area (Å²) in [7, 11) is 0. The lowest BCUT2D eigenvalue weighted by molar-refractivity contribution is 0.805. The van der Waals surface area contributed by atoms with Crippen LogP contribution in [-0.2, 0) is 0 Å². The third-order valence-corrected chi connectivity index (χ3v) is 2.11. The first kappa shape index (κ1) is 11.9. The number of unbranched alkanes of at least 4 members (excludes halogenated alkanes) is 1. The van der Waals surface area contributed by atoms with Crippen LogP contribution in [0.1, 0.15) is 26.2 Å². The van der Waals surface area contributed by atoms with Crippen molar-refractivity contribution >= 4 is 13.4 Å². The van der Waals surface area contributed by atoms with Crippen molar-refractivity contribution in [1.29, 1.82) is 0 Å². The summed E-state index contributed by atoms with van der Waals surface area (Å²) in [5, 5.41) is 0. The van der Waals surface area contributed by atoms with E-state index in [1.165, 1.54) is 19.3 Å². The van der Waals surface area contributed by atoms with Gasteiger partial charge in [0.1, 0.15) is 0 Å². The molecule has 0 aromatic rings. The van der Waals surface area contributed by atoms with Crippen molar-refractivity contribution in [3.05, 3.63) is 11.4 Å². The van der Waals surface area contributed by atoms with Crippen LogP contribution in [0.15, 0.2) is 11.4 Å². The van der Waals surface area contributed by atoms with Gasteiger partial charge in [-0.1, -0.05) is 47.1 Å². The average Bonchev–Trinajstić information content (AvgIpc) is 1.96. The zero-order valence-corrected chi connectivity index (χ0v) is 9.35. The third-order valence-electron chi connectivity index (χ3n) is 2.11. The fraction of sp³-hybridized carbons (Fsp3) is 0.800. The Morgan fingerprint density at radius 2 is 1.75 bits per heavy atom. The summed E-state index contributed by atoms with van der Waals surface area (Å²) in [6.45, 7) is 12.8. The highest BCUT2D eigenvalue weighted by molar-refractivity contribution is 6.69. The van der Waals surface area contributed by atoms with E-state index in [0.29, 0.717) is 6.71 Å². The summed E-state index contributed by atoms with van der Waals surface area (Å²) in [5.41, 5.74) is 1.65. The summed E-state index contributed by atoms with van der Waals surface area (Å²) in [6, 6.07) is 0. The van der Waals surface area contributed by atoms with Crippen molar-refractivity contribution in [3.8, 4) is 0 Å². The van der Waals surface area contributed by atoms with E-state index in [4.69, 9.17) is 0 Å². The average molecular weight is 164 g/mol. The van der Waals surface area contributed by atoms with Gasteiger partial charge in [-0.05, 0) is 6.42 Å². The Labute approximate surface area is 79.0 Å². The zero-order chi connectivity index (χ0) is 9.56. The van der Waals surface area contributed by atoms with Crippen LogP contribution in [0.25, 0.3) is 0 Å². The lowest BCUT2D eigenvalue weighted by Crippen LogP contribution is -2.09. The van der Waals surface area contributed by atoms with Gasteiger partial charge in [0.05, 0.1) is 0 Å². The first-order valence-electron chi connectivity index (χ1n) is 5.28. The fourth-order valence-electron chi connectivity index (χ4n) is 1.37. The fourth-order valence-corrected chi connectivity index (χ4v) is 1.37. The van der Waals surface area contributed by atoms with Gasteiger partial charge in [0.2, 0.25) is 0 Å². The minimum absolute atomic E-state index is 0.708. The molecule has 0 saturated heterocycles. The van der Waals surface area contributed by atoms with Gasteiger partial charge in [0.15, 0.2) is 13.4 Å². The molecule has 0 aromatic carbocycles. The Hall–Kier alpha value is -0.130. The minimum atomic E-state index is 0.708. The Bertz CT molecular complexity index is 137. The van der Waals surface area contributed by atoms with Crippen molar-refractivity contribution < 1.29 is 0 Å². The molecule has 0 spiro atoms. The molecular formula is C10H22B2. The van der Waals surface area contributed by atoms with Crippen molar-refractivity contribution in [2.75, 3.05) is 0 Å². The van der Waals surface area contributed by atoms with E-state index in [1.807, 2.05) is 0 Å². The summed E-state index contributed by atoms with van der Waals surface area (Å²) in [6.07, 6.45) is 3.95. The second-order valence-corrected chi connectivity index (χ2v) is 4.24. The number of rotatable bonds is 5. The van der Waals surface area contributed by atoms with Crippen molar-refractivity contribution in [2.24, 2.45) is 0 Å². The van der Waals surface area contributed by atoms with E-state index in [-0.39, 0.29) is 0 Å². The van der Waals surface area contributed by atoms with Gasteiger partial charge in [-0.15, -0.1) is 11.4 Å². The second-order valence-electron chi connectivity index (χ2n) is 4.24. The quantitative estimate of drug-likeness (QED) is 0.543. The Balaban J connectivity index is 4.04. The third kappa shape index (κ3) is 5.51. The van der Waals surface area contributed by atoms with Gasteiger partial charge >= 0.3 is 0 Å². The maximum Gasteiger partial charge on any atom is 0.162 e. The molecular weight excluding hydrogens is 142 g/mol. The first-order valence-corrected chi connectivity index (χ1v) is 5.28. The number of hydrogen-bond acceptors (Lipinski definition) is 0. The molecule has 0 radical (unpaired) electrons. The Kier molecular flexibility index (Phi) is 6.32. The van der Waals surface area contributed by atoms with Gasteiger partial charge in [-0.3, -0.25) is 0 Å².